The van der Waals surface area contributed by atoms with Crippen molar-refractivity contribution in [1.82, 2.24) is 14.8 Å². The van der Waals surface area contributed by atoms with Crippen molar-refractivity contribution in [2.45, 2.75) is 6.54 Å². The molecule has 0 atom stereocenters. The van der Waals surface area contributed by atoms with Crippen LogP contribution in [0.15, 0.2) is 18.5 Å². The van der Waals surface area contributed by atoms with Gasteiger partial charge in [0.15, 0.2) is 0 Å². The van der Waals surface area contributed by atoms with Crippen molar-refractivity contribution in [2.75, 3.05) is 19.5 Å². The summed E-state index contributed by atoms with van der Waals surface area (Å²) in [6.45, 7) is 1.39. The smallest absolute Gasteiger partial charge is 0.125 e. The Labute approximate surface area is 81.5 Å². The molecule has 0 aromatic carbocycles. The molecule has 2 aromatic rings. The summed E-state index contributed by atoms with van der Waals surface area (Å²) >= 11 is 0. The SMILES string of the molecule is COCCn1cc2cnc(N)cc2n1. The summed E-state index contributed by atoms with van der Waals surface area (Å²) in [6, 6.07) is 1.76. The standard InChI is InChI=1S/C9H12N4O/c1-14-3-2-13-6-7-5-11-9(10)4-8(7)12-13/h4-6H,2-3,10H2,1H3. The Morgan fingerprint density at radius 3 is 3.21 bits per heavy atom. The van der Waals surface area contributed by atoms with Gasteiger partial charge in [-0.1, -0.05) is 0 Å². The Morgan fingerprint density at radius 2 is 2.43 bits per heavy atom. The fraction of sp³-hybridized carbons (Fsp3) is 0.333. The van der Waals surface area contributed by atoms with E-state index in [1.54, 1.807) is 19.4 Å². The largest absolute Gasteiger partial charge is 0.384 e. The number of anilines is 1. The van der Waals surface area contributed by atoms with Gasteiger partial charge in [0.25, 0.3) is 0 Å². The molecule has 2 aromatic heterocycles. The molecule has 2 N–H and O–H groups in total. The first-order valence-electron chi connectivity index (χ1n) is 4.37. The molecule has 2 heterocycles. The highest BCUT2D eigenvalue weighted by atomic mass is 16.5. The molecule has 0 spiro atoms. The van der Waals surface area contributed by atoms with Crippen molar-refractivity contribution in [2.24, 2.45) is 0 Å². The monoisotopic (exact) mass is 192 g/mol. The number of rotatable bonds is 3. The van der Waals surface area contributed by atoms with Crippen molar-refractivity contribution in [1.29, 1.82) is 0 Å². The molecule has 0 amide bonds. The van der Waals surface area contributed by atoms with Crippen molar-refractivity contribution >= 4 is 16.7 Å². The van der Waals surface area contributed by atoms with Crippen molar-refractivity contribution < 1.29 is 4.74 Å². The molecular formula is C9H12N4O. The van der Waals surface area contributed by atoms with Crippen LogP contribution in [0.25, 0.3) is 10.9 Å². The molecule has 2 rings (SSSR count). The predicted octanol–water partition coefficient (Wildman–Crippen LogP) is 0.660. The second-order valence-corrected chi connectivity index (χ2v) is 3.05. The molecular weight excluding hydrogens is 180 g/mol. The molecule has 0 fully saturated rings. The highest BCUT2D eigenvalue weighted by Crippen LogP contribution is 2.12. The molecule has 0 aliphatic rings. The summed E-state index contributed by atoms with van der Waals surface area (Å²) in [6.07, 6.45) is 3.65. The lowest BCUT2D eigenvalue weighted by Crippen LogP contribution is -2.03. The Bertz CT molecular complexity index is 437. The zero-order chi connectivity index (χ0) is 9.97. The van der Waals surface area contributed by atoms with E-state index in [2.05, 4.69) is 10.1 Å². The van der Waals surface area contributed by atoms with Crippen LogP contribution in [0.1, 0.15) is 0 Å². The van der Waals surface area contributed by atoms with Gasteiger partial charge in [-0.2, -0.15) is 5.10 Å². The van der Waals surface area contributed by atoms with Gasteiger partial charge in [-0.25, -0.2) is 4.98 Å². The zero-order valence-electron chi connectivity index (χ0n) is 7.97. The van der Waals surface area contributed by atoms with Crippen molar-refractivity contribution in [3.05, 3.63) is 18.5 Å². The Hall–Kier alpha value is -1.62. The molecule has 0 saturated heterocycles. The lowest BCUT2D eigenvalue weighted by atomic mass is 10.3. The summed E-state index contributed by atoms with van der Waals surface area (Å²) in [5, 5.41) is 5.32. The minimum absolute atomic E-state index is 0.495. The first-order valence-corrected chi connectivity index (χ1v) is 4.37. The summed E-state index contributed by atoms with van der Waals surface area (Å²) in [7, 11) is 1.67. The minimum atomic E-state index is 0.495. The van der Waals surface area contributed by atoms with E-state index >= 15 is 0 Å². The van der Waals surface area contributed by atoms with E-state index in [1.165, 1.54) is 0 Å². The van der Waals surface area contributed by atoms with Crippen LogP contribution in [0.5, 0.6) is 0 Å². The second-order valence-electron chi connectivity index (χ2n) is 3.05. The minimum Gasteiger partial charge on any atom is -0.384 e. The van der Waals surface area contributed by atoms with Gasteiger partial charge in [0.05, 0.1) is 18.7 Å². The first-order chi connectivity index (χ1) is 6.79. The van der Waals surface area contributed by atoms with Crippen LogP contribution in [-0.4, -0.2) is 28.5 Å². The number of nitrogens with two attached hydrogens (primary N) is 1. The lowest BCUT2D eigenvalue weighted by molar-refractivity contribution is 0.184. The average molecular weight is 192 g/mol. The van der Waals surface area contributed by atoms with E-state index in [9.17, 15) is 0 Å². The first kappa shape index (κ1) is 8.96. The maximum Gasteiger partial charge on any atom is 0.125 e. The maximum atomic E-state index is 5.55. The third-order valence-corrected chi connectivity index (χ3v) is 1.98. The summed E-state index contributed by atoms with van der Waals surface area (Å²) in [5.41, 5.74) is 6.42. The normalized spacial score (nSPS) is 10.9. The van der Waals surface area contributed by atoms with E-state index in [0.717, 1.165) is 17.4 Å². The van der Waals surface area contributed by atoms with Gasteiger partial charge in [-0.05, 0) is 0 Å². The van der Waals surface area contributed by atoms with Crippen LogP contribution >= 0.6 is 0 Å². The number of ether oxygens (including phenoxy) is 1. The van der Waals surface area contributed by atoms with Crippen molar-refractivity contribution in [3.8, 4) is 0 Å². The van der Waals surface area contributed by atoms with E-state index in [4.69, 9.17) is 10.5 Å². The number of fused-ring (bicyclic) bond motifs is 1. The van der Waals surface area contributed by atoms with Crippen LogP contribution < -0.4 is 5.73 Å². The third kappa shape index (κ3) is 1.67. The van der Waals surface area contributed by atoms with Crippen LogP contribution in [0.3, 0.4) is 0 Å². The van der Waals surface area contributed by atoms with E-state index in [0.29, 0.717) is 12.4 Å². The molecule has 0 aliphatic heterocycles. The summed E-state index contributed by atoms with van der Waals surface area (Å²) < 4.78 is 6.79. The zero-order valence-corrected chi connectivity index (χ0v) is 7.97. The number of nitrogens with zero attached hydrogens (tertiary/aromatic N) is 3. The molecule has 14 heavy (non-hydrogen) atoms. The Morgan fingerprint density at radius 1 is 1.57 bits per heavy atom. The number of hydrogen-bond acceptors (Lipinski definition) is 4. The number of aromatic nitrogens is 3. The average Bonchev–Trinajstić information content (AvgIpc) is 2.56. The van der Waals surface area contributed by atoms with Gasteiger partial charge in [-0.15, -0.1) is 0 Å². The van der Waals surface area contributed by atoms with Crippen LogP contribution in [0.2, 0.25) is 0 Å². The van der Waals surface area contributed by atoms with Gasteiger partial charge >= 0.3 is 0 Å². The highest BCUT2D eigenvalue weighted by Gasteiger charge is 2.00. The molecule has 0 bridgehead atoms. The van der Waals surface area contributed by atoms with Crippen LogP contribution in [0.4, 0.5) is 5.82 Å². The number of nitrogen functional groups attached to an aromatic ring is 1. The van der Waals surface area contributed by atoms with E-state index in [1.807, 2.05) is 10.9 Å². The molecule has 0 saturated carbocycles. The van der Waals surface area contributed by atoms with E-state index in [-0.39, 0.29) is 0 Å². The highest BCUT2D eigenvalue weighted by molar-refractivity contribution is 5.79. The predicted molar refractivity (Wildman–Crippen MR) is 53.8 cm³/mol. The van der Waals surface area contributed by atoms with Gasteiger partial charge in [0, 0.05) is 31.0 Å². The Kier molecular flexibility index (Phi) is 2.32. The number of methoxy groups -OCH3 is 1. The van der Waals surface area contributed by atoms with Crippen LogP contribution in [0, 0.1) is 0 Å². The quantitative estimate of drug-likeness (QED) is 0.775. The van der Waals surface area contributed by atoms with Crippen molar-refractivity contribution in [3.63, 3.8) is 0 Å². The number of pyridine rings is 1. The number of hydrogen-bond donors (Lipinski definition) is 1. The van der Waals surface area contributed by atoms with Crippen LogP contribution in [-0.2, 0) is 11.3 Å². The van der Waals surface area contributed by atoms with Gasteiger partial charge < -0.3 is 10.5 Å². The third-order valence-electron chi connectivity index (χ3n) is 1.98. The lowest BCUT2D eigenvalue weighted by Gasteiger charge is -1.97. The summed E-state index contributed by atoms with van der Waals surface area (Å²) in [4.78, 5) is 3.99. The molecule has 74 valence electrons. The van der Waals surface area contributed by atoms with Gasteiger partial charge in [0.1, 0.15) is 5.82 Å². The fourth-order valence-electron chi connectivity index (χ4n) is 1.28. The second kappa shape index (κ2) is 3.63. The van der Waals surface area contributed by atoms with E-state index < -0.39 is 0 Å². The molecule has 5 nitrogen and oxygen atoms in total. The maximum absolute atomic E-state index is 5.55. The van der Waals surface area contributed by atoms with Gasteiger partial charge in [0.2, 0.25) is 0 Å². The summed E-state index contributed by atoms with van der Waals surface area (Å²) in [5.74, 6) is 0.495. The topological polar surface area (TPSA) is 66.0 Å². The molecule has 0 aliphatic carbocycles. The Balaban J connectivity index is 2.32. The molecule has 5 heteroatoms. The molecule has 0 unspecified atom stereocenters. The van der Waals surface area contributed by atoms with Gasteiger partial charge in [-0.3, -0.25) is 4.68 Å². The molecule has 0 radical (unpaired) electrons. The fourth-order valence-corrected chi connectivity index (χ4v) is 1.28.